The molecule has 2 heterocycles. The Morgan fingerprint density at radius 3 is 2.76 bits per heavy atom. The van der Waals surface area contributed by atoms with Crippen LogP contribution in [0, 0.1) is 11.8 Å². The monoisotopic (exact) mass is 336 g/mol. The summed E-state index contributed by atoms with van der Waals surface area (Å²) in [5, 5.41) is 0. The molecule has 4 nitrogen and oxygen atoms in total. The summed E-state index contributed by atoms with van der Waals surface area (Å²) in [6.07, 6.45) is 3.97. The van der Waals surface area contributed by atoms with Crippen molar-refractivity contribution in [3.63, 3.8) is 0 Å². The van der Waals surface area contributed by atoms with E-state index in [0.717, 1.165) is 36.3 Å². The maximum Gasteiger partial charge on any atom is 0.155 e. The van der Waals surface area contributed by atoms with Crippen LogP contribution in [-0.2, 0) is 24.4 Å². The van der Waals surface area contributed by atoms with E-state index in [1.807, 2.05) is 12.1 Å². The minimum absolute atomic E-state index is 0.0314. The highest BCUT2D eigenvalue weighted by atomic mass is 16.5. The van der Waals surface area contributed by atoms with Crippen molar-refractivity contribution in [3.8, 4) is 0 Å². The molecule has 1 saturated carbocycles. The molecule has 0 radical (unpaired) electrons. The van der Waals surface area contributed by atoms with Crippen molar-refractivity contribution in [2.24, 2.45) is 11.8 Å². The largest absolute Gasteiger partial charge is 0.497 e. The smallest absolute Gasteiger partial charge is 0.155 e. The van der Waals surface area contributed by atoms with E-state index in [1.54, 1.807) is 7.11 Å². The maximum atomic E-state index is 13.2. The molecule has 4 heteroatoms. The van der Waals surface area contributed by atoms with E-state index >= 15 is 0 Å². The van der Waals surface area contributed by atoms with Gasteiger partial charge < -0.3 is 14.2 Å². The van der Waals surface area contributed by atoms with Gasteiger partial charge in [-0.15, -0.1) is 0 Å². The molecule has 0 amide bonds. The summed E-state index contributed by atoms with van der Waals surface area (Å²) >= 11 is 0. The van der Waals surface area contributed by atoms with Gasteiger partial charge in [0.2, 0.25) is 0 Å². The molecular formula is C21H20O4. The van der Waals surface area contributed by atoms with Crippen molar-refractivity contribution in [2.75, 3.05) is 20.3 Å². The number of rotatable bonds is 1. The predicted molar refractivity (Wildman–Crippen MR) is 90.8 cm³/mol. The van der Waals surface area contributed by atoms with E-state index in [0.29, 0.717) is 12.5 Å². The fourth-order valence-corrected chi connectivity index (χ4v) is 5.75. The van der Waals surface area contributed by atoms with Gasteiger partial charge in [-0.05, 0) is 35.6 Å². The number of hydrogen-bond acceptors (Lipinski definition) is 4. The Labute approximate surface area is 146 Å². The topological polar surface area (TPSA) is 44.8 Å². The van der Waals surface area contributed by atoms with E-state index in [4.69, 9.17) is 14.2 Å². The van der Waals surface area contributed by atoms with Gasteiger partial charge in [-0.3, -0.25) is 4.79 Å². The van der Waals surface area contributed by atoms with Gasteiger partial charge in [0.05, 0.1) is 19.3 Å². The quantitative estimate of drug-likeness (QED) is 0.791. The molecule has 1 aromatic carbocycles. The normalized spacial score (nSPS) is 40.4. The van der Waals surface area contributed by atoms with Crippen LogP contribution in [0.15, 0.2) is 41.7 Å². The van der Waals surface area contributed by atoms with Crippen molar-refractivity contribution in [2.45, 2.75) is 30.5 Å². The fourth-order valence-electron chi connectivity index (χ4n) is 5.75. The Morgan fingerprint density at radius 1 is 1.08 bits per heavy atom. The minimum Gasteiger partial charge on any atom is -0.497 e. The third-order valence-corrected chi connectivity index (χ3v) is 6.83. The summed E-state index contributed by atoms with van der Waals surface area (Å²) in [6.45, 7) is 1.46. The second-order valence-electron chi connectivity index (χ2n) is 7.69. The minimum atomic E-state index is -0.700. The van der Waals surface area contributed by atoms with Gasteiger partial charge in [0, 0.05) is 30.6 Å². The van der Waals surface area contributed by atoms with Crippen molar-refractivity contribution in [3.05, 3.63) is 52.8 Å². The molecule has 2 aliphatic heterocycles. The van der Waals surface area contributed by atoms with Crippen molar-refractivity contribution in [1.82, 2.24) is 0 Å². The van der Waals surface area contributed by atoms with Gasteiger partial charge >= 0.3 is 0 Å². The van der Waals surface area contributed by atoms with Crippen molar-refractivity contribution >= 4 is 11.4 Å². The Balaban J connectivity index is 1.63. The van der Waals surface area contributed by atoms with Crippen LogP contribution in [0.3, 0.4) is 0 Å². The number of benzene rings is 1. The number of fused-ring (bicyclic) bond motifs is 8. The standard InChI is InChI=1S/C21H20O4/c1-23-15-10-21(19(22)13-7-9-25-20(13)21)14-5-3-2-4-11(14)16-12-6-8-24-18(12)17(15)16/h2-5,10,12-13,18,20H,6-9H2,1H3/t12-,13+,18-,20+,21-/m0/s1. The highest BCUT2D eigenvalue weighted by Crippen LogP contribution is 2.60. The molecule has 5 atom stereocenters. The molecule has 3 fully saturated rings. The van der Waals surface area contributed by atoms with Crippen LogP contribution in [-0.4, -0.2) is 38.3 Å². The molecule has 0 N–H and O–H groups in total. The molecular weight excluding hydrogens is 316 g/mol. The Morgan fingerprint density at radius 2 is 1.88 bits per heavy atom. The van der Waals surface area contributed by atoms with E-state index in [9.17, 15) is 4.79 Å². The van der Waals surface area contributed by atoms with E-state index in [2.05, 4.69) is 18.2 Å². The van der Waals surface area contributed by atoms with Crippen molar-refractivity contribution < 1.29 is 19.0 Å². The highest BCUT2D eigenvalue weighted by Gasteiger charge is 2.66. The van der Waals surface area contributed by atoms with Gasteiger partial charge in [0.15, 0.2) is 5.78 Å². The highest BCUT2D eigenvalue weighted by molar-refractivity contribution is 6.05. The number of ketones is 1. The van der Waals surface area contributed by atoms with Crippen LogP contribution < -0.4 is 0 Å². The van der Waals surface area contributed by atoms with Gasteiger partial charge in [0.25, 0.3) is 0 Å². The lowest BCUT2D eigenvalue weighted by molar-refractivity contribution is -0.147. The first kappa shape index (κ1) is 14.3. The molecule has 3 aliphatic carbocycles. The Hall–Kier alpha value is -1.91. The van der Waals surface area contributed by atoms with Gasteiger partial charge in [-0.25, -0.2) is 0 Å². The van der Waals surface area contributed by atoms with Crippen LogP contribution in [0.1, 0.15) is 24.0 Å². The number of carbonyl (C=O) groups is 1. The number of methoxy groups -OCH3 is 1. The van der Waals surface area contributed by atoms with E-state index < -0.39 is 5.41 Å². The molecule has 6 rings (SSSR count). The second kappa shape index (κ2) is 4.63. The van der Waals surface area contributed by atoms with E-state index in [1.165, 1.54) is 11.1 Å². The summed E-state index contributed by atoms with van der Waals surface area (Å²) < 4.78 is 17.8. The molecule has 1 aromatic rings. The summed E-state index contributed by atoms with van der Waals surface area (Å²) in [4.78, 5) is 13.2. The Kier molecular flexibility index (Phi) is 2.64. The molecule has 128 valence electrons. The molecule has 5 aliphatic rings. The lowest BCUT2D eigenvalue weighted by Crippen LogP contribution is -2.62. The van der Waals surface area contributed by atoms with Gasteiger partial charge in [0.1, 0.15) is 11.2 Å². The SMILES string of the molecule is COC1=C[C@@]2(C(=O)[C@H]3CCO[C@H]32)c2ccccc2C2=C1[C@H]1OCC[C@@H]21. The zero-order chi connectivity index (χ0) is 16.8. The van der Waals surface area contributed by atoms with Crippen LogP contribution in [0.25, 0.3) is 5.57 Å². The summed E-state index contributed by atoms with van der Waals surface area (Å²) in [5.74, 6) is 1.53. The number of carbonyl (C=O) groups excluding carboxylic acids is 1. The average molecular weight is 336 g/mol. The van der Waals surface area contributed by atoms with Crippen LogP contribution in [0.2, 0.25) is 0 Å². The lowest BCUT2D eigenvalue weighted by atomic mass is 9.54. The molecule has 0 unspecified atom stereocenters. The zero-order valence-corrected chi connectivity index (χ0v) is 14.2. The second-order valence-corrected chi connectivity index (χ2v) is 7.69. The first-order chi connectivity index (χ1) is 12.3. The van der Waals surface area contributed by atoms with Gasteiger partial charge in [-0.2, -0.15) is 0 Å². The first-order valence-corrected chi connectivity index (χ1v) is 9.16. The van der Waals surface area contributed by atoms with Crippen LogP contribution in [0.4, 0.5) is 0 Å². The molecule has 25 heavy (non-hydrogen) atoms. The van der Waals surface area contributed by atoms with Crippen molar-refractivity contribution in [1.29, 1.82) is 0 Å². The number of hydrogen-bond donors (Lipinski definition) is 0. The molecule has 2 saturated heterocycles. The summed E-state index contributed by atoms with van der Waals surface area (Å²) in [6, 6.07) is 8.36. The van der Waals surface area contributed by atoms with Crippen LogP contribution >= 0.6 is 0 Å². The number of ether oxygens (including phenoxy) is 3. The first-order valence-electron chi connectivity index (χ1n) is 9.16. The average Bonchev–Trinajstić information content (AvgIpc) is 3.22. The van der Waals surface area contributed by atoms with Gasteiger partial charge in [-0.1, -0.05) is 24.3 Å². The molecule has 1 spiro atoms. The third-order valence-electron chi connectivity index (χ3n) is 6.83. The summed E-state index contributed by atoms with van der Waals surface area (Å²) in [7, 11) is 1.69. The third kappa shape index (κ3) is 1.46. The summed E-state index contributed by atoms with van der Waals surface area (Å²) in [5.41, 5.74) is 4.04. The molecule has 0 bridgehead atoms. The van der Waals surface area contributed by atoms with Crippen LogP contribution in [0.5, 0.6) is 0 Å². The lowest BCUT2D eigenvalue weighted by Gasteiger charge is -2.48. The molecule has 0 aromatic heterocycles. The fraction of sp³-hybridized carbons (Fsp3) is 0.476. The zero-order valence-electron chi connectivity index (χ0n) is 14.2. The Bertz CT molecular complexity index is 866. The number of Topliss-reactive ketones (excluding diaryl/α,β-unsaturated/α-hetero) is 1. The van der Waals surface area contributed by atoms with E-state index in [-0.39, 0.29) is 23.9 Å². The predicted octanol–water partition coefficient (Wildman–Crippen LogP) is 2.63. The maximum absolute atomic E-state index is 13.2.